The maximum atomic E-state index is 5.46. The molecule has 0 aromatic heterocycles. The highest BCUT2D eigenvalue weighted by Gasteiger charge is 2.20. The van der Waals surface area contributed by atoms with E-state index in [0.717, 1.165) is 36.7 Å². The van der Waals surface area contributed by atoms with Crippen LogP contribution in [0.4, 0.5) is 0 Å². The lowest BCUT2D eigenvalue weighted by atomic mass is 10.0. The van der Waals surface area contributed by atoms with Gasteiger partial charge in [0.05, 0.1) is 19.8 Å². The fourth-order valence-electron chi connectivity index (χ4n) is 2.71. The number of methoxy groups -OCH3 is 2. The number of ether oxygens (including phenoxy) is 2. The van der Waals surface area contributed by atoms with Crippen LogP contribution in [0.1, 0.15) is 18.4 Å². The van der Waals surface area contributed by atoms with Crippen LogP contribution in [0, 0.1) is 0 Å². The maximum absolute atomic E-state index is 5.46. The van der Waals surface area contributed by atoms with E-state index >= 15 is 0 Å². The van der Waals surface area contributed by atoms with E-state index < -0.39 is 0 Å². The summed E-state index contributed by atoms with van der Waals surface area (Å²) in [5.74, 6) is 1.81. The topological polar surface area (TPSA) is 33.7 Å². The van der Waals surface area contributed by atoms with Crippen LogP contribution >= 0.6 is 0 Å². The summed E-state index contributed by atoms with van der Waals surface area (Å²) in [6, 6.07) is 6.59. The number of hydrogen-bond acceptors (Lipinski definition) is 4. The standard InChI is InChI=1S/C15H24N2O2/c1-17(12-7-9-16-10-8-12)11-13-14(18-2)5-4-6-15(13)19-3/h4-6,12,16H,7-11H2,1-3H3. The van der Waals surface area contributed by atoms with Crippen LogP contribution < -0.4 is 14.8 Å². The summed E-state index contributed by atoms with van der Waals surface area (Å²) in [5, 5.41) is 3.40. The highest BCUT2D eigenvalue weighted by atomic mass is 16.5. The minimum Gasteiger partial charge on any atom is -0.496 e. The molecule has 0 saturated carbocycles. The second kappa shape index (κ2) is 6.78. The second-order valence-electron chi connectivity index (χ2n) is 5.04. The zero-order valence-electron chi connectivity index (χ0n) is 12.1. The van der Waals surface area contributed by atoms with Gasteiger partial charge in [0.25, 0.3) is 0 Å². The first-order valence-corrected chi connectivity index (χ1v) is 6.87. The smallest absolute Gasteiger partial charge is 0.127 e. The van der Waals surface area contributed by atoms with Crippen molar-refractivity contribution in [2.45, 2.75) is 25.4 Å². The first-order valence-electron chi connectivity index (χ1n) is 6.87. The van der Waals surface area contributed by atoms with Gasteiger partial charge >= 0.3 is 0 Å². The molecule has 106 valence electrons. The minimum absolute atomic E-state index is 0.635. The fraction of sp³-hybridized carbons (Fsp3) is 0.600. The molecule has 1 aliphatic rings. The number of piperidine rings is 1. The van der Waals surface area contributed by atoms with Crippen molar-refractivity contribution in [2.24, 2.45) is 0 Å². The summed E-state index contributed by atoms with van der Waals surface area (Å²) in [6.07, 6.45) is 2.40. The summed E-state index contributed by atoms with van der Waals surface area (Å²) in [5.41, 5.74) is 1.13. The fourth-order valence-corrected chi connectivity index (χ4v) is 2.71. The minimum atomic E-state index is 0.635. The first kappa shape index (κ1) is 14.2. The van der Waals surface area contributed by atoms with E-state index in [4.69, 9.17) is 9.47 Å². The Balaban J connectivity index is 2.12. The van der Waals surface area contributed by atoms with Gasteiger partial charge in [-0.05, 0) is 45.1 Å². The average molecular weight is 264 g/mol. The van der Waals surface area contributed by atoms with Crippen LogP contribution in [0.25, 0.3) is 0 Å². The Morgan fingerprint density at radius 2 is 1.74 bits per heavy atom. The molecule has 1 fully saturated rings. The molecule has 1 aromatic rings. The Morgan fingerprint density at radius 1 is 1.16 bits per heavy atom. The third kappa shape index (κ3) is 3.39. The highest BCUT2D eigenvalue weighted by Crippen LogP contribution is 2.30. The molecule has 1 heterocycles. The Morgan fingerprint density at radius 3 is 2.26 bits per heavy atom. The van der Waals surface area contributed by atoms with Gasteiger partial charge in [-0.25, -0.2) is 0 Å². The Labute approximate surface area is 115 Å². The van der Waals surface area contributed by atoms with Crippen LogP contribution in [0.15, 0.2) is 18.2 Å². The third-order valence-electron chi connectivity index (χ3n) is 3.87. The molecule has 0 radical (unpaired) electrons. The zero-order valence-corrected chi connectivity index (χ0v) is 12.1. The zero-order chi connectivity index (χ0) is 13.7. The van der Waals surface area contributed by atoms with Gasteiger partial charge in [-0.3, -0.25) is 4.90 Å². The van der Waals surface area contributed by atoms with E-state index in [-0.39, 0.29) is 0 Å². The van der Waals surface area contributed by atoms with Crippen molar-refractivity contribution < 1.29 is 9.47 Å². The Bertz CT molecular complexity index is 381. The highest BCUT2D eigenvalue weighted by molar-refractivity contribution is 5.44. The molecule has 0 spiro atoms. The predicted molar refractivity (Wildman–Crippen MR) is 76.9 cm³/mol. The van der Waals surface area contributed by atoms with E-state index in [2.05, 4.69) is 17.3 Å². The van der Waals surface area contributed by atoms with Gasteiger partial charge in [0.1, 0.15) is 11.5 Å². The lowest BCUT2D eigenvalue weighted by molar-refractivity contribution is 0.188. The maximum Gasteiger partial charge on any atom is 0.127 e. The van der Waals surface area contributed by atoms with Crippen molar-refractivity contribution in [3.8, 4) is 11.5 Å². The summed E-state index contributed by atoms with van der Waals surface area (Å²) in [4.78, 5) is 2.40. The molecule has 1 N–H and O–H groups in total. The first-order chi connectivity index (χ1) is 9.26. The Kier molecular flexibility index (Phi) is 5.05. The largest absolute Gasteiger partial charge is 0.496 e. The number of nitrogens with one attached hydrogen (secondary N) is 1. The predicted octanol–water partition coefficient (Wildman–Crippen LogP) is 1.89. The SMILES string of the molecule is COc1cccc(OC)c1CN(C)C1CCNCC1. The van der Waals surface area contributed by atoms with Crippen LogP contribution in [0.5, 0.6) is 11.5 Å². The molecule has 4 heteroatoms. The molecule has 2 rings (SSSR count). The van der Waals surface area contributed by atoms with Crippen molar-refractivity contribution >= 4 is 0 Å². The van der Waals surface area contributed by atoms with E-state index in [1.165, 1.54) is 12.8 Å². The summed E-state index contributed by atoms with van der Waals surface area (Å²) in [6.45, 7) is 3.08. The van der Waals surface area contributed by atoms with Crippen molar-refractivity contribution in [1.82, 2.24) is 10.2 Å². The molecule has 0 bridgehead atoms. The molecule has 4 nitrogen and oxygen atoms in total. The summed E-state index contributed by atoms with van der Waals surface area (Å²) >= 11 is 0. The van der Waals surface area contributed by atoms with Crippen LogP contribution in [-0.4, -0.2) is 45.3 Å². The van der Waals surface area contributed by atoms with Gasteiger partial charge in [-0.15, -0.1) is 0 Å². The lowest BCUT2D eigenvalue weighted by Crippen LogP contribution is -2.40. The molecule has 19 heavy (non-hydrogen) atoms. The molecule has 0 aliphatic carbocycles. The van der Waals surface area contributed by atoms with Gasteiger partial charge in [-0.2, -0.15) is 0 Å². The quantitative estimate of drug-likeness (QED) is 0.880. The summed E-state index contributed by atoms with van der Waals surface area (Å²) in [7, 11) is 5.60. The van der Waals surface area contributed by atoms with Crippen LogP contribution in [0.2, 0.25) is 0 Å². The number of benzene rings is 1. The molecule has 0 amide bonds. The van der Waals surface area contributed by atoms with Crippen molar-refractivity contribution in [3.05, 3.63) is 23.8 Å². The second-order valence-corrected chi connectivity index (χ2v) is 5.04. The normalized spacial score (nSPS) is 16.6. The van der Waals surface area contributed by atoms with Crippen molar-refractivity contribution in [1.29, 1.82) is 0 Å². The number of rotatable bonds is 5. The van der Waals surface area contributed by atoms with E-state index in [9.17, 15) is 0 Å². The number of nitrogens with zero attached hydrogens (tertiary/aromatic N) is 1. The van der Waals surface area contributed by atoms with Crippen molar-refractivity contribution in [3.63, 3.8) is 0 Å². The van der Waals surface area contributed by atoms with Gasteiger partial charge in [0, 0.05) is 12.6 Å². The Hall–Kier alpha value is -1.26. The average Bonchev–Trinajstić information content (AvgIpc) is 2.48. The number of hydrogen-bond donors (Lipinski definition) is 1. The monoisotopic (exact) mass is 264 g/mol. The van der Waals surface area contributed by atoms with E-state index in [0.29, 0.717) is 6.04 Å². The third-order valence-corrected chi connectivity index (χ3v) is 3.87. The molecule has 1 aromatic carbocycles. The van der Waals surface area contributed by atoms with Gasteiger partial charge < -0.3 is 14.8 Å². The lowest BCUT2D eigenvalue weighted by Gasteiger charge is -2.32. The van der Waals surface area contributed by atoms with Crippen molar-refractivity contribution in [2.75, 3.05) is 34.4 Å². The van der Waals surface area contributed by atoms with Gasteiger partial charge in [0.2, 0.25) is 0 Å². The molecule has 0 atom stereocenters. The van der Waals surface area contributed by atoms with Gasteiger partial charge in [0.15, 0.2) is 0 Å². The van der Waals surface area contributed by atoms with Gasteiger partial charge in [-0.1, -0.05) is 6.07 Å². The molecule has 1 aliphatic heterocycles. The summed E-state index contributed by atoms with van der Waals surface area (Å²) < 4.78 is 10.9. The molecule has 1 saturated heterocycles. The van der Waals surface area contributed by atoms with Crippen LogP contribution in [-0.2, 0) is 6.54 Å². The van der Waals surface area contributed by atoms with E-state index in [1.54, 1.807) is 14.2 Å². The molecular formula is C15H24N2O2. The molecular weight excluding hydrogens is 240 g/mol. The molecule has 0 unspecified atom stereocenters. The van der Waals surface area contributed by atoms with Crippen LogP contribution in [0.3, 0.4) is 0 Å². The van der Waals surface area contributed by atoms with E-state index in [1.807, 2.05) is 18.2 Å².